The standard InChI is InChI=1S/C9H5NO4/c11-7-5-2-1-3-10-8(5)14-4-6(7)9(12)13/h1-4H,(H,12,13). The molecule has 0 aliphatic heterocycles. The van der Waals surface area contributed by atoms with Crippen molar-refractivity contribution in [2.75, 3.05) is 0 Å². The van der Waals surface area contributed by atoms with Crippen LogP contribution in [0.4, 0.5) is 0 Å². The molecular weight excluding hydrogens is 186 g/mol. The van der Waals surface area contributed by atoms with E-state index in [0.29, 0.717) is 0 Å². The molecule has 14 heavy (non-hydrogen) atoms. The number of fused-ring (bicyclic) bond motifs is 1. The highest BCUT2D eigenvalue weighted by Gasteiger charge is 2.12. The molecule has 70 valence electrons. The Hall–Kier alpha value is -2.17. The Morgan fingerprint density at radius 1 is 1.50 bits per heavy atom. The van der Waals surface area contributed by atoms with E-state index in [0.717, 1.165) is 6.26 Å². The Labute approximate surface area is 77.6 Å². The number of carboxylic acids is 1. The first-order chi connectivity index (χ1) is 6.70. The van der Waals surface area contributed by atoms with Crippen LogP contribution in [0, 0.1) is 0 Å². The van der Waals surface area contributed by atoms with E-state index in [1.54, 1.807) is 6.07 Å². The summed E-state index contributed by atoms with van der Waals surface area (Å²) >= 11 is 0. The van der Waals surface area contributed by atoms with Gasteiger partial charge in [-0.15, -0.1) is 0 Å². The van der Waals surface area contributed by atoms with Gasteiger partial charge in [-0.05, 0) is 12.1 Å². The smallest absolute Gasteiger partial charge is 0.342 e. The van der Waals surface area contributed by atoms with Gasteiger partial charge >= 0.3 is 5.97 Å². The SMILES string of the molecule is O=C(O)c1coc2ncccc2c1=O. The molecule has 5 heteroatoms. The molecule has 0 atom stereocenters. The Morgan fingerprint density at radius 3 is 3.00 bits per heavy atom. The first-order valence-electron chi connectivity index (χ1n) is 3.80. The summed E-state index contributed by atoms with van der Waals surface area (Å²) in [6.07, 6.45) is 2.37. The van der Waals surface area contributed by atoms with Gasteiger partial charge in [0.1, 0.15) is 11.8 Å². The van der Waals surface area contributed by atoms with Crippen LogP contribution in [0.2, 0.25) is 0 Å². The minimum atomic E-state index is -1.30. The van der Waals surface area contributed by atoms with Gasteiger partial charge in [-0.2, -0.15) is 0 Å². The molecule has 2 aromatic heterocycles. The maximum absolute atomic E-state index is 11.5. The number of carboxylic acid groups (broad SMARTS) is 1. The first kappa shape index (κ1) is 8.43. The van der Waals surface area contributed by atoms with Gasteiger partial charge in [-0.3, -0.25) is 4.79 Å². The highest BCUT2D eigenvalue weighted by Crippen LogP contribution is 2.06. The van der Waals surface area contributed by atoms with Gasteiger partial charge in [0.05, 0.1) is 5.39 Å². The Balaban J connectivity index is 2.89. The summed E-state index contributed by atoms with van der Waals surface area (Å²) in [6, 6.07) is 3.02. The number of pyridine rings is 1. The molecule has 0 aliphatic rings. The van der Waals surface area contributed by atoms with Gasteiger partial charge in [-0.25, -0.2) is 9.78 Å². The maximum atomic E-state index is 11.5. The molecule has 0 unspecified atom stereocenters. The van der Waals surface area contributed by atoms with Crippen molar-refractivity contribution in [2.45, 2.75) is 0 Å². The van der Waals surface area contributed by atoms with Crippen molar-refractivity contribution in [3.63, 3.8) is 0 Å². The fourth-order valence-corrected chi connectivity index (χ4v) is 1.12. The van der Waals surface area contributed by atoms with E-state index < -0.39 is 11.4 Å². The lowest BCUT2D eigenvalue weighted by molar-refractivity contribution is 0.0693. The lowest BCUT2D eigenvalue weighted by Crippen LogP contribution is -2.14. The summed E-state index contributed by atoms with van der Waals surface area (Å²) in [4.78, 5) is 25.9. The van der Waals surface area contributed by atoms with Gasteiger partial charge in [0, 0.05) is 6.20 Å². The van der Waals surface area contributed by atoms with Gasteiger partial charge in [0.2, 0.25) is 11.1 Å². The van der Waals surface area contributed by atoms with Gasteiger partial charge < -0.3 is 9.52 Å². The highest BCUT2D eigenvalue weighted by molar-refractivity contribution is 5.90. The predicted molar refractivity (Wildman–Crippen MR) is 47.2 cm³/mol. The van der Waals surface area contributed by atoms with E-state index in [-0.39, 0.29) is 16.7 Å². The van der Waals surface area contributed by atoms with Crippen LogP contribution in [0.3, 0.4) is 0 Å². The second-order valence-corrected chi connectivity index (χ2v) is 2.64. The largest absolute Gasteiger partial charge is 0.477 e. The number of hydrogen-bond donors (Lipinski definition) is 1. The quantitative estimate of drug-likeness (QED) is 0.723. The van der Waals surface area contributed by atoms with Crippen LogP contribution in [-0.2, 0) is 0 Å². The Morgan fingerprint density at radius 2 is 2.29 bits per heavy atom. The molecule has 0 bridgehead atoms. The van der Waals surface area contributed by atoms with Crippen molar-refractivity contribution in [1.29, 1.82) is 0 Å². The molecule has 2 rings (SSSR count). The molecule has 2 aromatic rings. The monoisotopic (exact) mass is 191 g/mol. The summed E-state index contributed by atoms with van der Waals surface area (Å²) in [7, 11) is 0. The lowest BCUT2D eigenvalue weighted by atomic mass is 10.2. The van der Waals surface area contributed by atoms with Crippen LogP contribution in [-0.4, -0.2) is 16.1 Å². The van der Waals surface area contributed by atoms with Gasteiger partial charge in [-0.1, -0.05) is 0 Å². The maximum Gasteiger partial charge on any atom is 0.342 e. The second kappa shape index (κ2) is 2.95. The number of nitrogens with zero attached hydrogens (tertiary/aromatic N) is 1. The Kier molecular flexibility index (Phi) is 1.78. The molecular formula is C9H5NO4. The molecule has 0 saturated heterocycles. The summed E-state index contributed by atoms with van der Waals surface area (Å²) in [5.74, 6) is -1.30. The minimum absolute atomic E-state index is 0.141. The zero-order valence-corrected chi connectivity index (χ0v) is 6.93. The molecule has 0 spiro atoms. The molecule has 0 radical (unpaired) electrons. The normalized spacial score (nSPS) is 10.3. The van der Waals surface area contributed by atoms with E-state index in [1.807, 2.05) is 0 Å². The van der Waals surface area contributed by atoms with Crippen LogP contribution in [0.1, 0.15) is 10.4 Å². The average molecular weight is 191 g/mol. The van der Waals surface area contributed by atoms with Crippen molar-refractivity contribution < 1.29 is 14.3 Å². The van der Waals surface area contributed by atoms with Crippen LogP contribution in [0.25, 0.3) is 11.1 Å². The topological polar surface area (TPSA) is 80.4 Å². The van der Waals surface area contributed by atoms with Crippen molar-refractivity contribution in [3.05, 3.63) is 40.4 Å². The third-order valence-electron chi connectivity index (χ3n) is 1.78. The number of hydrogen-bond acceptors (Lipinski definition) is 4. The van der Waals surface area contributed by atoms with E-state index in [9.17, 15) is 9.59 Å². The molecule has 0 saturated carbocycles. The fraction of sp³-hybridized carbons (Fsp3) is 0. The van der Waals surface area contributed by atoms with E-state index >= 15 is 0 Å². The third-order valence-corrected chi connectivity index (χ3v) is 1.78. The number of carbonyl (C=O) groups is 1. The summed E-state index contributed by atoms with van der Waals surface area (Å²) in [6.45, 7) is 0. The van der Waals surface area contributed by atoms with Crippen LogP contribution < -0.4 is 5.43 Å². The molecule has 0 fully saturated rings. The molecule has 0 aliphatic carbocycles. The van der Waals surface area contributed by atoms with Crippen molar-refractivity contribution in [2.24, 2.45) is 0 Å². The predicted octanol–water partition coefficient (Wildman–Crippen LogP) is 0.886. The lowest BCUT2D eigenvalue weighted by Gasteiger charge is -1.95. The third kappa shape index (κ3) is 1.15. The second-order valence-electron chi connectivity index (χ2n) is 2.64. The number of rotatable bonds is 1. The molecule has 2 heterocycles. The van der Waals surface area contributed by atoms with Crippen molar-refractivity contribution in [1.82, 2.24) is 4.98 Å². The Bertz CT molecular complexity index is 558. The van der Waals surface area contributed by atoms with Gasteiger partial charge in [0.15, 0.2) is 0 Å². The van der Waals surface area contributed by atoms with E-state index in [4.69, 9.17) is 9.52 Å². The van der Waals surface area contributed by atoms with E-state index in [1.165, 1.54) is 12.3 Å². The zero-order chi connectivity index (χ0) is 10.1. The van der Waals surface area contributed by atoms with Crippen LogP contribution >= 0.6 is 0 Å². The van der Waals surface area contributed by atoms with Crippen LogP contribution in [0.15, 0.2) is 33.8 Å². The van der Waals surface area contributed by atoms with Gasteiger partial charge in [0.25, 0.3) is 0 Å². The zero-order valence-electron chi connectivity index (χ0n) is 6.93. The summed E-state index contributed by atoms with van der Waals surface area (Å²) in [5.41, 5.74) is -0.820. The molecule has 5 nitrogen and oxygen atoms in total. The number of aromatic nitrogens is 1. The number of aromatic carboxylic acids is 1. The summed E-state index contributed by atoms with van der Waals surface area (Å²) < 4.78 is 4.89. The van der Waals surface area contributed by atoms with E-state index in [2.05, 4.69) is 4.98 Å². The average Bonchev–Trinajstić information content (AvgIpc) is 2.18. The van der Waals surface area contributed by atoms with Crippen molar-refractivity contribution >= 4 is 17.1 Å². The minimum Gasteiger partial charge on any atom is -0.477 e. The molecule has 0 aromatic carbocycles. The highest BCUT2D eigenvalue weighted by atomic mass is 16.4. The fourth-order valence-electron chi connectivity index (χ4n) is 1.12. The summed E-state index contributed by atoms with van der Waals surface area (Å²) in [5, 5.41) is 8.82. The molecule has 1 N–H and O–H groups in total. The first-order valence-corrected chi connectivity index (χ1v) is 3.80. The van der Waals surface area contributed by atoms with Crippen molar-refractivity contribution in [3.8, 4) is 0 Å². The molecule has 0 amide bonds. The van der Waals surface area contributed by atoms with Crippen LogP contribution in [0.5, 0.6) is 0 Å².